The van der Waals surface area contributed by atoms with Gasteiger partial charge in [-0.15, -0.1) is 0 Å². The largest absolute Gasteiger partial charge is 0.469 e. The third-order valence-corrected chi connectivity index (χ3v) is 6.33. The lowest BCUT2D eigenvalue weighted by Gasteiger charge is -2.30. The van der Waals surface area contributed by atoms with Gasteiger partial charge in [0.2, 0.25) is 0 Å². The number of aliphatic hydroxyl groups excluding tert-OH is 1. The lowest BCUT2D eigenvalue weighted by atomic mass is 9.87. The Labute approximate surface area is 198 Å². The summed E-state index contributed by atoms with van der Waals surface area (Å²) in [4.78, 5) is 17.6. The van der Waals surface area contributed by atoms with Crippen LogP contribution in [0, 0.1) is 5.92 Å². The zero-order chi connectivity index (χ0) is 25.2. The summed E-state index contributed by atoms with van der Waals surface area (Å²) in [6.07, 6.45) is 10.6. The molecule has 0 fully saturated rings. The lowest BCUT2D eigenvalue weighted by molar-refractivity contribution is -0.185. The summed E-state index contributed by atoms with van der Waals surface area (Å²) >= 11 is 0. The van der Waals surface area contributed by atoms with Crippen molar-refractivity contribution in [3.8, 4) is 0 Å². The highest BCUT2D eigenvalue weighted by Crippen LogP contribution is 2.38. The maximum atomic E-state index is 13.7. The number of nitrogens with two attached hydrogens (primary N) is 1. The van der Waals surface area contributed by atoms with E-state index in [4.69, 9.17) is 20.3 Å². The van der Waals surface area contributed by atoms with E-state index >= 15 is 0 Å². The molecule has 194 valence electrons. The predicted molar refractivity (Wildman–Crippen MR) is 123 cm³/mol. The lowest BCUT2D eigenvalue weighted by Crippen LogP contribution is -2.48. The van der Waals surface area contributed by atoms with E-state index in [1.807, 2.05) is 0 Å². The van der Waals surface area contributed by atoms with Crippen LogP contribution in [0.25, 0.3) is 0 Å². The number of hydrogen-bond acceptors (Lipinski definition) is 5. The van der Waals surface area contributed by atoms with Crippen LogP contribution in [0.5, 0.6) is 0 Å². The van der Waals surface area contributed by atoms with Crippen LogP contribution >= 0.6 is 7.82 Å². The van der Waals surface area contributed by atoms with Crippen LogP contribution in [0.1, 0.15) is 51.4 Å². The first-order valence-corrected chi connectivity index (χ1v) is 13.0. The number of phosphoric ester groups is 1. The molecule has 0 radical (unpaired) electrons. The Bertz CT molecular complexity index is 820. The smallest absolute Gasteiger partial charge is 0.394 e. The molecule has 11 heteroatoms. The molecular formula is C23H35F3NO6P. The minimum Gasteiger partial charge on any atom is -0.394 e. The van der Waals surface area contributed by atoms with Crippen LogP contribution < -0.4 is 5.73 Å². The molecule has 2 rings (SSSR count). The van der Waals surface area contributed by atoms with Crippen LogP contribution in [0.3, 0.4) is 0 Å². The van der Waals surface area contributed by atoms with E-state index in [-0.39, 0.29) is 19.4 Å². The molecule has 5 N–H and O–H groups in total. The number of alkyl halides is 3. The zero-order valence-electron chi connectivity index (χ0n) is 19.1. The maximum absolute atomic E-state index is 13.7. The number of allylic oxidation sites excluding steroid dienone is 6. The minimum absolute atomic E-state index is 0.0264. The summed E-state index contributed by atoms with van der Waals surface area (Å²) in [5.41, 5.74) is 6.07. The summed E-state index contributed by atoms with van der Waals surface area (Å²) in [5.74, 6) is -1.81. The van der Waals surface area contributed by atoms with Gasteiger partial charge in [-0.05, 0) is 44.9 Å². The van der Waals surface area contributed by atoms with Crippen molar-refractivity contribution >= 4 is 7.82 Å². The van der Waals surface area contributed by atoms with Gasteiger partial charge in [0.15, 0.2) is 0 Å². The summed E-state index contributed by atoms with van der Waals surface area (Å²) in [6.45, 7) is -1.05. The van der Waals surface area contributed by atoms with Crippen LogP contribution in [-0.4, -0.2) is 52.5 Å². The summed E-state index contributed by atoms with van der Waals surface area (Å²) < 4.78 is 61.7. The second-order valence-electron chi connectivity index (χ2n) is 8.86. The highest BCUT2D eigenvalue weighted by Gasteiger charge is 2.44. The molecule has 3 unspecified atom stereocenters. The van der Waals surface area contributed by atoms with Crippen molar-refractivity contribution in [1.29, 1.82) is 0 Å². The fourth-order valence-electron chi connectivity index (χ4n) is 3.81. The van der Waals surface area contributed by atoms with Crippen LogP contribution in [-0.2, 0) is 13.8 Å². The van der Waals surface area contributed by atoms with Gasteiger partial charge >= 0.3 is 14.0 Å². The van der Waals surface area contributed by atoms with E-state index < -0.39 is 44.8 Å². The van der Waals surface area contributed by atoms with Crippen molar-refractivity contribution in [2.75, 3.05) is 19.8 Å². The van der Waals surface area contributed by atoms with Gasteiger partial charge in [0.1, 0.15) is 5.92 Å². The molecule has 0 aromatic carbocycles. The number of rotatable bonds is 14. The molecule has 0 aromatic rings. The molecule has 7 nitrogen and oxygen atoms in total. The Kier molecular flexibility index (Phi) is 11.2. The first kappa shape index (κ1) is 29.0. The number of phosphoric acid groups is 1. The minimum atomic E-state index is -4.79. The van der Waals surface area contributed by atoms with Gasteiger partial charge in [0.05, 0.1) is 24.9 Å². The molecule has 34 heavy (non-hydrogen) atoms. The maximum Gasteiger partial charge on any atom is 0.469 e. The molecule has 0 saturated carbocycles. The van der Waals surface area contributed by atoms with Gasteiger partial charge in [-0.1, -0.05) is 54.0 Å². The zero-order valence-corrected chi connectivity index (χ0v) is 20.0. The van der Waals surface area contributed by atoms with Crippen molar-refractivity contribution in [1.82, 2.24) is 0 Å². The van der Waals surface area contributed by atoms with E-state index in [9.17, 15) is 22.8 Å². The first-order valence-electron chi connectivity index (χ1n) is 11.4. The van der Waals surface area contributed by atoms with E-state index in [2.05, 4.69) is 22.8 Å². The Morgan fingerprint density at radius 3 is 2.47 bits per heavy atom. The van der Waals surface area contributed by atoms with E-state index in [1.165, 1.54) is 17.7 Å². The van der Waals surface area contributed by atoms with Crippen LogP contribution in [0.2, 0.25) is 0 Å². The molecule has 0 amide bonds. The molecule has 2 aliphatic carbocycles. The molecule has 0 aliphatic heterocycles. The molecular weight excluding hydrogens is 474 g/mol. The van der Waals surface area contributed by atoms with E-state index in [0.717, 1.165) is 38.2 Å². The fraction of sp³-hybridized carbons (Fsp3) is 0.652. The van der Waals surface area contributed by atoms with Crippen molar-refractivity contribution in [2.24, 2.45) is 11.7 Å². The number of ether oxygens (including phenoxy) is 1. The van der Waals surface area contributed by atoms with E-state index in [0.29, 0.717) is 12.0 Å². The van der Waals surface area contributed by atoms with Crippen molar-refractivity contribution in [3.05, 3.63) is 47.6 Å². The van der Waals surface area contributed by atoms with E-state index in [1.54, 1.807) is 0 Å². The molecule has 0 saturated heterocycles. The van der Waals surface area contributed by atoms with Gasteiger partial charge in [-0.25, -0.2) is 4.57 Å². The summed E-state index contributed by atoms with van der Waals surface area (Å²) in [5, 5.41) is 9.47. The SMILES string of the molecule is NC(CO)(CCC1=CC(C(F)(F)F)C(OCCCCCC2=CCCC=C2)C=C1)COP(=O)(O)O. The van der Waals surface area contributed by atoms with Crippen LogP contribution in [0.15, 0.2) is 47.6 Å². The second-order valence-corrected chi connectivity index (χ2v) is 10.1. The molecule has 3 atom stereocenters. The van der Waals surface area contributed by atoms with Gasteiger partial charge in [0.25, 0.3) is 0 Å². The Hall–Kier alpha value is -1.26. The summed E-state index contributed by atoms with van der Waals surface area (Å²) in [6, 6.07) is 0. The van der Waals surface area contributed by atoms with Crippen molar-refractivity contribution < 1.29 is 41.9 Å². The monoisotopic (exact) mass is 509 g/mol. The average molecular weight is 510 g/mol. The molecule has 0 aromatic heterocycles. The number of unbranched alkanes of at least 4 members (excludes halogenated alkanes) is 2. The summed E-state index contributed by atoms with van der Waals surface area (Å²) in [7, 11) is -4.79. The molecule has 0 heterocycles. The van der Waals surface area contributed by atoms with Gasteiger partial charge in [-0.2, -0.15) is 13.2 Å². The average Bonchev–Trinajstić information content (AvgIpc) is 2.78. The number of hydrogen-bond donors (Lipinski definition) is 4. The molecule has 2 aliphatic rings. The number of aliphatic hydroxyl groups is 1. The highest BCUT2D eigenvalue weighted by atomic mass is 31.2. The van der Waals surface area contributed by atoms with Gasteiger partial charge in [0, 0.05) is 6.61 Å². The fourth-order valence-corrected chi connectivity index (χ4v) is 4.23. The Balaban J connectivity index is 1.82. The van der Waals surface area contributed by atoms with Crippen molar-refractivity contribution in [2.45, 2.75) is 69.2 Å². The second kappa shape index (κ2) is 13.2. The number of halogens is 3. The standard InChI is InChI=1S/C23H35F3NO6P/c24-23(25,26)20-15-19(12-13-22(27,16-28)17-33-34(29,30)31)10-11-21(20)32-14-6-2-5-9-18-7-3-1-4-8-18/h3,7-8,10-11,15,20-21,28H,1-2,4-6,9,12-14,16-17,27H2,(H2,29,30,31). The van der Waals surface area contributed by atoms with Gasteiger partial charge < -0.3 is 25.4 Å². The first-order chi connectivity index (χ1) is 15.9. The topological polar surface area (TPSA) is 122 Å². The quantitative estimate of drug-likeness (QED) is 0.201. The molecule has 0 spiro atoms. The Morgan fingerprint density at radius 1 is 1.09 bits per heavy atom. The van der Waals surface area contributed by atoms with Crippen molar-refractivity contribution in [3.63, 3.8) is 0 Å². The van der Waals surface area contributed by atoms with Crippen LogP contribution in [0.4, 0.5) is 13.2 Å². The molecule has 0 bridgehead atoms. The van der Waals surface area contributed by atoms with Gasteiger partial charge in [-0.3, -0.25) is 4.52 Å². The normalized spacial score (nSPS) is 22.9. The third-order valence-electron chi connectivity index (χ3n) is 5.86. The predicted octanol–water partition coefficient (Wildman–Crippen LogP) is 4.46. The third kappa shape index (κ3) is 10.6. The Morgan fingerprint density at radius 2 is 1.85 bits per heavy atom. The highest BCUT2D eigenvalue weighted by molar-refractivity contribution is 7.46.